The van der Waals surface area contributed by atoms with Crippen LogP contribution in [0.25, 0.3) is 0 Å². The Morgan fingerprint density at radius 3 is 2.45 bits per heavy atom. The Balaban J connectivity index is 1.86. The first-order valence-electron chi connectivity index (χ1n) is 7.13. The number of rotatable bonds is 6. The molecule has 1 heterocycles. The molecule has 0 unspecified atom stereocenters. The zero-order chi connectivity index (χ0) is 15.5. The average molecular weight is 318 g/mol. The van der Waals surface area contributed by atoms with Crippen LogP contribution in [0.5, 0.6) is 11.5 Å². The summed E-state index contributed by atoms with van der Waals surface area (Å²) in [5.74, 6) is 1.23. The minimum absolute atomic E-state index is 0.00472. The largest absolute Gasteiger partial charge is 0.497 e. The third-order valence-electron chi connectivity index (χ3n) is 3.64. The van der Waals surface area contributed by atoms with Gasteiger partial charge in [-0.15, -0.1) is 11.3 Å². The van der Waals surface area contributed by atoms with Crippen molar-refractivity contribution in [3.8, 4) is 11.5 Å². The van der Waals surface area contributed by atoms with E-state index >= 15 is 0 Å². The van der Waals surface area contributed by atoms with Gasteiger partial charge in [-0.25, -0.2) is 4.98 Å². The summed E-state index contributed by atoms with van der Waals surface area (Å²) >= 11 is 1.57. The van der Waals surface area contributed by atoms with Crippen molar-refractivity contribution in [2.24, 2.45) is 0 Å². The Bertz CT molecular complexity index is 631. The van der Waals surface area contributed by atoms with Gasteiger partial charge in [0, 0.05) is 29.2 Å². The number of carbonyl (C=O) groups excluding carboxylic acids is 1. The summed E-state index contributed by atoms with van der Waals surface area (Å²) in [6, 6.07) is 5.58. The Hall–Kier alpha value is -2.08. The second kappa shape index (κ2) is 6.36. The molecule has 1 saturated carbocycles. The van der Waals surface area contributed by atoms with Crippen molar-refractivity contribution < 1.29 is 14.3 Å². The van der Waals surface area contributed by atoms with E-state index in [0.29, 0.717) is 29.6 Å². The Morgan fingerprint density at radius 1 is 1.27 bits per heavy atom. The second-order valence-electron chi connectivity index (χ2n) is 5.19. The van der Waals surface area contributed by atoms with Crippen LogP contribution in [0.1, 0.15) is 28.2 Å². The van der Waals surface area contributed by atoms with E-state index in [1.165, 1.54) is 0 Å². The summed E-state index contributed by atoms with van der Waals surface area (Å²) in [7, 11) is 3.16. The number of hydrogen-bond donors (Lipinski definition) is 0. The fourth-order valence-electron chi connectivity index (χ4n) is 2.33. The standard InChI is InChI=1S/C16H18N2O3S/c1-20-13-7-11(8-14(9-13)21-2)16(19)18(12-3-4-12)10-15-17-5-6-22-15/h5-9,12H,3-4,10H2,1-2H3. The van der Waals surface area contributed by atoms with E-state index in [1.54, 1.807) is 50.0 Å². The maximum Gasteiger partial charge on any atom is 0.254 e. The van der Waals surface area contributed by atoms with Crippen molar-refractivity contribution in [3.63, 3.8) is 0 Å². The Morgan fingerprint density at radius 2 is 1.95 bits per heavy atom. The van der Waals surface area contributed by atoms with Gasteiger partial charge in [-0.3, -0.25) is 4.79 Å². The molecule has 5 nitrogen and oxygen atoms in total. The third-order valence-corrected chi connectivity index (χ3v) is 4.40. The fraction of sp³-hybridized carbons (Fsp3) is 0.375. The number of hydrogen-bond acceptors (Lipinski definition) is 5. The van der Waals surface area contributed by atoms with Crippen molar-refractivity contribution in [3.05, 3.63) is 40.3 Å². The highest BCUT2D eigenvalue weighted by molar-refractivity contribution is 7.09. The normalized spacial score (nSPS) is 13.7. The zero-order valence-electron chi connectivity index (χ0n) is 12.6. The number of amides is 1. The molecule has 0 radical (unpaired) electrons. The average Bonchev–Trinajstić information content (AvgIpc) is 3.27. The smallest absolute Gasteiger partial charge is 0.254 e. The summed E-state index contributed by atoms with van der Waals surface area (Å²) in [6.07, 6.45) is 3.88. The van der Waals surface area contributed by atoms with Crippen LogP contribution in [-0.2, 0) is 6.54 Å². The zero-order valence-corrected chi connectivity index (χ0v) is 13.4. The van der Waals surface area contributed by atoms with Crippen LogP contribution in [0.2, 0.25) is 0 Å². The lowest BCUT2D eigenvalue weighted by atomic mass is 10.1. The van der Waals surface area contributed by atoms with Crippen molar-refractivity contribution in [2.75, 3.05) is 14.2 Å². The first-order valence-corrected chi connectivity index (χ1v) is 8.01. The van der Waals surface area contributed by atoms with Crippen LogP contribution >= 0.6 is 11.3 Å². The molecule has 0 saturated heterocycles. The van der Waals surface area contributed by atoms with Crippen LogP contribution in [0.15, 0.2) is 29.8 Å². The maximum absolute atomic E-state index is 12.9. The predicted octanol–water partition coefficient (Wildman–Crippen LogP) is 2.97. The van der Waals surface area contributed by atoms with Crippen LogP contribution in [0.4, 0.5) is 0 Å². The van der Waals surface area contributed by atoms with Crippen molar-refractivity contribution in [2.45, 2.75) is 25.4 Å². The van der Waals surface area contributed by atoms with E-state index in [9.17, 15) is 4.79 Å². The molecule has 3 rings (SSSR count). The topological polar surface area (TPSA) is 51.7 Å². The number of aromatic nitrogens is 1. The lowest BCUT2D eigenvalue weighted by molar-refractivity contribution is 0.0729. The molecule has 1 amide bonds. The highest BCUT2D eigenvalue weighted by Gasteiger charge is 2.33. The second-order valence-corrected chi connectivity index (χ2v) is 6.17. The Labute approximate surface area is 133 Å². The van der Waals surface area contributed by atoms with E-state index in [4.69, 9.17) is 9.47 Å². The molecule has 0 bridgehead atoms. The number of nitrogens with zero attached hydrogens (tertiary/aromatic N) is 2. The highest BCUT2D eigenvalue weighted by atomic mass is 32.1. The minimum atomic E-state index is -0.00472. The molecule has 1 fully saturated rings. The predicted molar refractivity (Wildman–Crippen MR) is 84.6 cm³/mol. The van der Waals surface area contributed by atoms with Crippen LogP contribution in [-0.4, -0.2) is 36.1 Å². The van der Waals surface area contributed by atoms with Crippen LogP contribution in [0.3, 0.4) is 0 Å². The molecule has 0 atom stereocenters. The molecule has 1 aliphatic carbocycles. The molecule has 1 aliphatic rings. The van der Waals surface area contributed by atoms with Gasteiger partial charge in [-0.1, -0.05) is 0 Å². The summed E-state index contributed by atoms with van der Waals surface area (Å²) in [4.78, 5) is 19.1. The summed E-state index contributed by atoms with van der Waals surface area (Å²) in [6.45, 7) is 0.556. The van der Waals surface area contributed by atoms with Gasteiger partial charge in [0.05, 0.1) is 20.8 Å². The molecule has 0 aliphatic heterocycles. The van der Waals surface area contributed by atoms with Crippen molar-refractivity contribution in [1.29, 1.82) is 0 Å². The van der Waals surface area contributed by atoms with Gasteiger partial charge in [0.25, 0.3) is 5.91 Å². The van der Waals surface area contributed by atoms with Crippen LogP contribution in [0, 0.1) is 0 Å². The molecule has 6 heteroatoms. The molecule has 1 aromatic heterocycles. The monoisotopic (exact) mass is 318 g/mol. The highest BCUT2D eigenvalue weighted by Crippen LogP contribution is 2.31. The van der Waals surface area contributed by atoms with E-state index in [-0.39, 0.29) is 5.91 Å². The number of methoxy groups -OCH3 is 2. The number of carbonyl (C=O) groups is 1. The van der Waals surface area contributed by atoms with E-state index < -0.39 is 0 Å². The molecular formula is C16H18N2O3S. The van der Waals surface area contributed by atoms with Gasteiger partial charge in [0.2, 0.25) is 0 Å². The number of benzene rings is 1. The first kappa shape index (κ1) is 14.8. The molecular weight excluding hydrogens is 300 g/mol. The maximum atomic E-state index is 12.9. The summed E-state index contributed by atoms with van der Waals surface area (Å²) < 4.78 is 10.5. The quantitative estimate of drug-likeness (QED) is 0.821. The fourth-order valence-corrected chi connectivity index (χ4v) is 2.94. The van der Waals surface area contributed by atoms with E-state index in [1.807, 2.05) is 10.3 Å². The van der Waals surface area contributed by atoms with Gasteiger partial charge >= 0.3 is 0 Å². The lowest BCUT2D eigenvalue weighted by Crippen LogP contribution is -2.32. The SMILES string of the molecule is COc1cc(OC)cc(C(=O)N(Cc2nccs2)C2CC2)c1. The number of ether oxygens (including phenoxy) is 2. The molecule has 22 heavy (non-hydrogen) atoms. The van der Waals surface area contributed by atoms with Gasteiger partial charge in [-0.2, -0.15) is 0 Å². The van der Waals surface area contributed by atoms with E-state index in [2.05, 4.69) is 4.98 Å². The molecule has 0 spiro atoms. The van der Waals surface area contributed by atoms with Gasteiger partial charge < -0.3 is 14.4 Å². The Kier molecular flexibility index (Phi) is 4.29. The van der Waals surface area contributed by atoms with Crippen molar-refractivity contribution >= 4 is 17.2 Å². The summed E-state index contributed by atoms with van der Waals surface area (Å²) in [5.41, 5.74) is 0.583. The summed E-state index contributed by atoms with van der Waals surface area (Å²) in [5, 5.41) is 2.88. The van der Waals surface area contributed by atoms with E-state index in [0.717, 1.165) is 17.8 Å². The molecule has 2 aromatic rings. The first-order chi connectivity index (χ1) is 10.7. The third kappa shape index (κ3) is 3.22. The van der Waals surface area contributed by atoms with Gasteiger partial charge in [-0.05, 0) is 25.0 Å². The number of thiazole rings is 1. The lowest BCUT2D eigenvalue weighted by Gasteiger charge is -2.22. The molecule has 1 aromatic carbocycles. The van der Waals surface area contributed by atoms with Gasteiger partial charge in [0.15, 0.2) is 0 Å². The van der Waals surface area contributed by atoms with Crippen LogP contribution < -0.4 is 9.47 Å². The minimum Gasteiger partial charge on any atom is -0.497 e. The van der Waals surface area contributed by atoms with Crippen molar-refractivity contribution in [1.82, 2.24) is 9.88 Å². The van der Waals surface area contributed by atoms with Gasteiger partial charge in [0.1, 0.15) is 16.5 Å². The molecule has 0 N–H and O–H groups in total. The molecule has 116 valence electrons.